The molecule has 0 saturated heterocycles. The molecule has 1 unspecified atom stereocenters. The molecule has 0 aromatic heterocycles. The van der Waals surface area contributed by atoms with Gasteiger partial charge >= 0.3 is 0 Å². The van der Waals surface area contributed by atoms with Crippen molar-refractivity contribution in [2.75, 3.05) is 26.7 Å². The van der Waals surface area contributed by atoms with Crippen molar-refractivity contribution in [2.24, 2.45) is 5.73 Å². The standard InChI is InChI=1S/C14H24N2O/c1-11-6-5-7-12(2)14(11)17-9-8-16(4)13(3)10-15/h5-7,13H,8-10,15H2,1-4H3. The van der Waals surface area contributed by atoms with Crippen LogP contribution in [0.2, 0.25) is 0 Å². The fraction of sp³-hybridized carbons (Fsp3) is 0.571. The van der Waals surface area contributed by atoms with Gasteiger partial charge in [0, 0.05) is 19.1 Å². The van der Waals surface area contributed by atoms with Crippen molar-refractivity contribution >= 4 is 0 Å². The lowest BCUT2D eigenvalue weighted by Crippen LogP contribution is -2.37. The van der Waals surface area contributed by atoms with Crippen LogP contribution in [0.3, 0.4) is 0 Å². The molecule has 1 atom stereocenters. The lowest BCUT2D eigenvalue weighted by atomic mass is 10.1. The summed E-state index contributed by atoms with van der Waals surface area (Å²) < 4.78 is 5.85. The number of likely N-dealkylation sites (N-methyl/N-ethyl adjacent to an activating group) is 1. The van der Waals surface area contributed by atoms with Crippen LogP contribution in [0, 0.1) is 13.8 Å². The van der Waals surface area contributed by atoms with Gasteiger partial charge in [-0.3, -0.25) is 4.90 Å². The number of para-hydroxylation sites is 1. The number of rotatable bonds is 6. The Morgan fingerprint density at radius 2 is 1.88 bits per heavy atom. The van der Waals surface area contributed by atoms with Gasteiger partial charge in [0.25, 0.3) is 0 Å². The Hall–Kier alpha value is -1.06. The highest BCUT2D eigenvalue weighted by Crippen LogP contribution is 2.22. The van der Waals surface area contributed by atoms with E-state index in [9.17, 15) is 0 Å². The van der Waals surface area contributed by atoms with E-state index in [-0.39, 0.29) is 0 Å². The summed E-state index contributed by atoms with van der Waals surface area (Å²) in [5.41, 5.74) is 8.01. The van der Waals surface area contributed by atoms with E-state index in [0.717, 1.165) is 12.3 Å². The third-order valence-corrected chi connectivity index (χ3v) is 3.19. The van der Waals surface area contributed by atoms with Crippen LogP contribution >= 0.6 is 0 Å². The summed E-state index contributed by atoms with van der Waals surface area (Å²) in [6.07, 6.45) is 0. The first-order valence-electron chi connectivity index (χ1n) is 6.15. The molecule has 1 aromatic rings. The molecule has 0 heterocycles. The molecule has 0 spiro atoms. The number of nitrogens with two attached hydrogens (primary N) is 1. The SMILES string of the molecule is Cc1cccc(C)c1OCCN(C)C(C)CN. The van der Waals surface area contributed by atoms with Crippen LogP contribution in [0.5, 0.6) is 5.75 Å². The summed E-state index contributed by atoms with van der Waals surface area (Å²) in [5, 5.41) is 0. The van der Waals surface area contributed by atoms with Gasteiger partial charge in [0.1, 0.15) is 12.4 Å². The van der Waals surface area contributed by atoms with Crippen LogP contribution in [0.1, 0.15) is 18.1 Å². The first-order valence-corrected chi connectivity index (χ1v) is 6.15. The third kappa shape index (κ3) is 4.02. The maximum atomic E-state index is 5.85. The van der Waals surface area contributed by atoms with Crippen molar-refractivity contribution in [3.05, 3.63) is 29.3 Å². The van der Waals surface area contributed by atoms with Crippen molar-refractivity contribution in [3.8, 4) is 5.75 Å². The number of benzene rings is 1. The Balaban J connectivity index is 2.46. The first-order chi connectivity index (χ1) is 8.06. The van der Waals surface area contributed by atoms with Gasteiger partial charge < -0.3 is 10.5 Å². The molecule has 0 bridgehead atoms. The van der Waals surface area contributed by atoms with E-state index in [4.69, 9.17) is 10.5 Å². The summed E-state index contributed by atoms with van der Waals surface area (Å²) in [5.74, 6) is 1.02. The highest BCUT2D eigenvalue weighted by molar-refractivity contribution is 5.39. The number of ether oxygens (including phenoxy) is 1. The zero-order chi connectivity index (χ0) is 12.8. The zero-order valence-corrected chi connectivity index (χ0v) is 11.4. The molecule has 0 saturated carbocycles. The predicted octanol–water partition coefficient (Wildman–Crippen LogP) is 1.96. The Bertz CT molecular complexity index is 332. The highest BCUT2D eigenvalue weighted by Gasteiger charge is 2.08. The number of hydrogen-bond acceptors (Lipinski definition) is 3. The predicted molar refractivity (Wildman–Crippen MR) is 72.6 cm³/mol. The second kappa shape index (κ2) is 6.62. The Morgan fingerprint density at radius 1 is 1.29 bits per heavy atom. The van der Waals surface area contributed by atoms with Gasteiger partial charge in [0.05, 0.1) is 0 Å². The second-order valence-electron chi connectivity index (χ2n) is 4.63. The molecule has 96 valence electrons. The molecule has 0 aliphatic rings. The Labute approximate surface area is 105 Å². The summed E-state index contributed by atoms with van der Waals surface area (Å²) in [6.45, 7) is 8.56. The minimum atomic E-state index is 0.400. The van der Waals surface area contributed by atoms with Gasteiger partial charge in [-0.2, -0.15) is 0 Å². The number of nitrogens with zero attached hydrogens (tertiary/aromatic N) is 1. The zero-order valence-electron chi connectivity index (χ0n) is 11.4. The van der Waals surface area contributed by atoms with Crippen LogP contribution in [-0.4, -0.2) is 37.7 Å². The van der Waals surface area contributed by atoms with Crippen LogP contribution in [0.25, 0.3) is 0 Å². The van der Waals surface area contributed by atoms with Crippen LogP contribution in [0.4, 0.5) is 0 Å². The fourth-order valence-electron chi connectivity index (χ4n) is 1.72. The molecule has 3 nitrogen and oxygen atoms in total. The van der Waals surface area contributed by atoms with Crippen LogP contribution in [0.15, 0.2) is 18.2 Å². The molecule has 0 aliphatic carbocycles. The highest BCUT2D eigenvalue weighted by atomic mass is 16.5. The molecule has 2 N–H and O–H groups in total. The van der Waals surface area contributed by atoms with Crippen molar-refractivity contribution in [1.29, 1.82) is 0 Å². The van der Waals surface area contributed by atoms with E-state index in [1.54, 1.807) is 0 Å². The van der Waals surface area contributed by atoms with Crippen molar-refractivity contribution in [2.45, 2.75) is 26.8 Å². The van der Waals surface area contributed by atoms with Crippen molar-refractivity contribution in [1.82, 2.24) is 4.90 Å². The lowest BCUT2D eigenvalue weighted by molar-refractivity contribution is 0.201. The largest absolute Gasteiger partial charge is 0.492 e. The topological polar surface area (TPSA) is 38.5 Å². The van der Waals surface area contributed by atoms with Crippen molar-refractivity contribution in [3.63, 3.8) is 0 Å². The smallest absolute Gasteiger partial charge is 0.125 e. The molecule has 0 radical (unpaired) electrons. The van der Waals surface area contributed by atoms with Gasteiger partial charge in [-0.15, -0.1) is 0 Å². The summed E-state index contributed by atoms with van der Waals surface area (Å²) in [7, 11) is 2.07. The minimum Gasteiger partial charge on any atom is -0.492 e. The summed E-state index contributed by atoms with van der Waals surface area (Å²) >= 11 is 0. The second-order valence-corrected chi connectivity index (χ2v) is 4.63. The molecule has 0 amide bonds. The van der Waals surface area contributed by atoms with E-state index in [1.165, 1.54) is 11.1 Å². The van der Waals surface area contributed by atoms with Crippen LogP contribution in [-0.2, 0) is 0 Å². The molecule has 0 fully saturated rings. The van der Waals surface area contributed by atoms with Gasteiger partial charge in [-0.05, 0) is 38.9 Å². The Kier molecular flexibility index (Phi) is 5.45. The van der Waals surface area contributed by atoms with Gasteiger partial charge in [-0.1, -0.05) is 18.2 Å². The quantitative estimate of drug-likeness (QED) is 0.820. The number of hydrogen-bond donors (Lipinski definition) is 1. The first kappa shape index (κ1) is 14.0. The Morgan fingerprint density at radius 3 is 2.41 bits per heavy atom. The number of aryl methyl sites for hydroxylation is 2. The summed E-state index contributed by atoms with van der Waals surface area (Å²) in [4.78, 5) is 2.22. The maximum absolute atomic E-state index is 5.85. The third-order valence-electron chi connectivity index (χ3n) is 3.19. The van der Waals surface area contributed by atoms with E-state index >= 15 is 0 Å². The van der Waals surface area contributed by atoms with E-state index in [0.29, 0.717) is 19.2 Å². The van der Waals surface area contributed by atoms with Gasteiger partial charge in [-0.25, -0.2) is 0 Å². The monoisotopic (exact) mass is 236 g/mol. The van der Waals surface area contributed by atoms with Gasteiger partial charge in [0.2, 0.25) is 0 Å². The average molecular weight is 236 g/mol. The van der Waals surface area contributed by atoms with Gasteiger partial charge in [0.15, 0.2) is 0 Å². The average Bonchev–Trinajstić information content (AvgIpc) is 2.31. The van der Waals surface area contributed by atoms with E-state index in [2.05, 4.69) is 50.9 Å². The molecule has 0 aliphatic heterocycles. The molecule has 1 aromatic carbocycles. The van der Waals surface area contributed by atoms with E-state index in [1.807, 2.05) is 0 Å². The van der Waals surface area contributed by atoms with E-state index < -0.39 is 0 Å². The summed E-state index contributed by atoms with van der Waals surface area (Å²) in [6, 6.07) is 6.61. The van der Waals surface area contributed by atoms with Crippen molar-refractivity contribution < 1.29 is 4.74 Å². The fourth-order valence-corrected chi connectivity index (χ4v) is 1.72. The molecule has 17 heavy (non-hydrogen) atoms. The molecule has 3 heteroatoms. The minimum absolute atomic E-state index is 0.400. The molecular formula is C14H24N2O. The maximum Gasteiger partial charge on any atom is 0.125 e. The molecular weight excluding hydrogens is 212 g/mol. The normalized spacial score (nSPS) is 12.8. The molecule has 1 rings (SSSR count). The lowest BCUT2D eigenvalue weighted by Gasteiger charge is -2.23. The van der Waals surface area contributed by atoms with Crippen LogP contribution < -0.4 is 10.5 Å².